The zero-order chi connectivity index (χ0) is 13.3. The van der Waals surface area contributed by atoms with E-state index in [1.165, 1.54) is 18.7 Å². The van der Waals surface area contributed by atoms with Crippen LogP contribution in [0.4, 0.5) is 0 Å². The fourth-order valence-electron chi connectivity index (χ4n) is 1.65. The number of hydrogen-bond donors (Lipinski definition) is 1. The average Bonchev–Trinajstić information content (AvgIpc) is 2.75. The van der Waals surface area contributed by atoms with E-state index in [1.54, 1.807) is 18.3 Å². The van der Waals surface area contributed by atoms with Crippen LogP contribution in [0.15, 0.2) is 22.8 Å². The molecule has 1 unspecified atom stereocenters. The van der Waals surface area contributed by atoms with Crippen molar-refractivity contribution in [2.24, 2.45) is 0 Å². The standard InChI is InChI=1S/C11H11BrN2O4/c1-17-10(15)8-7-4-3-6(12)5-14(7)13-9(8)11(16)18-2/h3-5,10,15H,1-2H3. The molecule has 0 aliphatic carbocycles. The van der Waals surface area contributed by atoms with Crippen molar-refractivity contribution in [2.45, 2.75) is 6.29 Å². The van der Waals surface area contributed by atoms with E-state index in [0.29, 0.717) is 5.52 Å². The number of ether oxygens (including phenoxy) is 2. The summed E-state index contributed by atoms with van der Waals surface area (Å²) in [5.74, 6) is -0.624. The summed E-state index contributed by atoms with van der Waals surface area (Å²) in [4.78, 5) is 11.6. The second-order valence-corrected chi connectivity index (χ2v) is 4.43. The number of pyridine rings is 1. The van der Waals surface area contributed by atoms with Gasteiger partial charge in [0.25, 0.3) is 0 Å². The smallest absolute Gasteiger partial charge is 0.359 e. The number of esters is 1. The summed E-state index contributed by atoms with van der Waals surface area (Å²) in [5, 5.41) is 13.9. The molecule has 0 saturated carbocycles. The Kier molecular flexibility index (Phi) is 3.65. The van der Waals surface area contributed by atoms with Crippen LogP contribution in [0.1, 0.15) is 22.3 Å². The van der Waals surface area contributed by atoms with Gasteiger partial charge in [-0.2, -0.15) is 5.10 Å². The van der Waals surface area contributed by atoms with Gasteiger partial charge in [-0.25, -0.2) is 9.31 Å². The highest BCUT2D eigenvalue weighted by atomic mass is 79.9. The Hall–Kier alpha value is -1.44. The molecule has 0 aliphatic heterocycles. The molecule has 2 aromatic rings. The van der Waals surface area contributed by atoms with E-state index in [9.17, 15) is 9.90 Å². The van der Waals surface area contributed by atoms with Crippen molar-refractivity contribution in [1.29, 1.82) is 0 Å². The molecule has 0 bridgehead atoms. The molecule has 0 radical (unpaired) electrons. The van der Waals surface area contributed by atoms with Crippen LogP contribution in [0.3, 0.4) is 0 Å². The number of methoxy groups -OCH3 is 2. The van der Waals surface area contributed by atoms with Gasteiger partial charge in [0.2, 0.25) is 0 Å². The van der Waals surface area contributed by atoms with E-state index < -0.39 is 12.3 Å². The summed E-state index contributed by atoms with van der Waals surface area (Å²) in [6.07, 6.45) is 0.436. The van der Waals surface area contributed by atoms with Crippen LogP contribution in [0.25, 0.3) is 5.52 Å². The molecule has 96 valence electrons. The van der Waals surface area contributed by atoms with Crippen molar-refractivity contribution in [3.63, 3.8) is 0 Å². The molecule has 0 spiro atoms. The quantitative estimate of drug-likeness (QED) is 0.687. The Morgan fingerprint density at radius 2 is 2.22 bits per heavy atom. The number of carbonyl (C=O) groups is 1. The third-order valence-corrected chi connectivity index (χ3v) is 2.95. The second kappa shape index (κ2) is 5.05. The highest BCUT2D eigenvalue weighted by Crippen LogP contribution is 2.25. The van der Waals surface area contributed by atoms with Crippen LogP contribution in [-0.2, 0) is 9.47 Å². The van der Waals surface area contributed by atoms with Crippen molar-refractivity contribution in [1.82, 2.24) is 9.61 Å². The Balaban J connectivity index is 2.71. The molecule has 7 heteroatoms. The first-order valence-electron chi connectivity index (χ1n) is 5.05. The van der Waals surface area contributed by atoms with Crippen LogP contribution in [0.5, 0.6) is 0 Å². The molecule has 1 N–H and O–H groups in total. The zero-order valence-corrected chi connectivity index (χ0v) is 11.3. The van der Waals surface area contributed by atoms with Crippen LogP contribution in [-0.4, -0.2) is 34.9 Å². The van der Waals surface area contributed by atoms with Gasteiger partial charge in [0, 0.05) is 17.8 Å². The normalized spacial score (nSPS) is 12.7. The molecule has 0 aromatic carbocycles. The van der Waals surface area contributed by atoms with Crippen LogP contribution in [0, 0.1) is 0 Å². The van der Waals surface area contributed by atoms with Gasteiger partial charge in [0.1, 0.15) is 0 Å². The Morgan fingerprint density at radius 1 is 1.50 bits per heavy atom. The molecule has 2 heterocycles. The maximum absolute atomic E-state index is 11.6. The Labute approximate surface area is 111 Å². The fraction of sp³-hybridized carbons (Fsp3) is 0.273. The number of halogens is 1. The molecule has 2 aromatic heterocycles. The monoisotopic (exact) mass is 314 g/mol. The lowest BCUT2D eigenvalue weighted by Gasteiger charge is -2.08. The SMILES string of the molecule is COC(=O)c1nn2cc(Br)ccc2c1C(O)OC. The molecule has 0 amide bonds. The first-order valence-corrected chi connectivity index (χ1v) is 5.84. The lowest BCUT2D eigenvalue weighted by Crippen LogP contribution is -2.09. The number of nitrogens with zero attached hydrogens (tertiary/aromatic N) is 2. The molecule has 0 saturated heterocycles. The second-order valence-electron chi connectivity index (χ2n) is 3.52. The predicted molar refractivity (Wildman–Crippen MR) is 66.2 cm³/mol. The van der Waals surface area contributed by atoms with Crippen LogP contribution >= 0.6 is 15.9 Å². The number of aromatic nitrogens is 2. The maximum atomic E-state index is 11.6. The van der Waals surface area contributed by atoms with Gasteiger partial charge >= 0.3 is 5.97 Å². The van der Waals surface area contributed by atoms with Crippen molar-refractivity contribution in [2.75, 3.05) is 14.2 Å². The van der Waals surface area contributed by atoms with Gasteiger partial charge in [-0.1, -0.05) is 0 Å². The van der Waals surface area contributed by atoms with Crippen molar-refractivity contribution in [3.05, 3.63) is 34.1 Å². The van der Waals surface area contributed by atoms with E-state index in [1.807, 2.05) is 0 Å². The number of fused-ring (bicyclic) bond motifs is 1. The molecule has 18 heavy (non-hydrogen) atoms. The lowest BCUT2D eigenvalue weighted by molar-refractivity contribution is -0.0765. The first-order chi connectivity index (χ1) is 8.58. The number of aliphatic hydroxyl groups is 1. The predicted octanol–water partition coefficient (Wildman–Crippen LogP) is 1.52. The summed E-state index contributed by atoms with van der Waals surface area (Å²) in [6, 6.07) is 3.51. The number of aliphatic hydroxyl groups excluding tert-OH is 1. The minimum absolute atomic E-state index is 0.0324. The Bertz CT molecular complexity index is 596. The van der Waals surface area contributed by atoms with Gasteiger partial charge in [0.05, 0.1) is 18.2 Å². The number of carbonyl (C=O) groups excluding carboxylic acids is 1. The highest BCUT2D eigenvalue weighted by molar-refractivity contribution is 9.10. The minimum atomic E-state index is -1.24. The van der Waals surface area contributed by atoms with Crippen molar-refractivity contribution < 1.29 is 19.4 Å². The molecule has 2 rings (SSSR count). The minimum Gasteiger partial charge on any atom is -0.464 e. The molecular weight excluding hydrogens is 304 g/mol. The van der Waals surface area contributed by atoms with Crippen molar-refractivity contribution >= 4 is 27.4 Å². The average molecular weight is 315 g/mol. The summed E-state index contributed by atoms with van der Waals surface area (Å²) < 4.78 is 11.8. The fourth-order valence-corrected chi connectivity index (χ4v) is 1.98. The van der Waals surface area contributed by atoms with Gasteiger partial charge < -0.3 is 14.6 Å². The topological polar surface area (TPSA) is 73.1 Å². The van der Waals surface area contributed by atoms with Crippen LogP contribution in [0.2, 0.25) is 0 Å². The van der Waals surface area contributed by atoms with Gasteiger partial charge in [-0.3, -0.25) is 0 Å². The molecule has 0 aliphatic rings. The van der Waals surface area contributed by atoms with E-state index in [0.717, 1.165) is 4.47 Å². The van der Waals surface area contributed by atoms with E-state index in [4.69, 9.17) is 4.74 Å². The largest absolute Gasteiger partial charge is 0.464 e. The van der Waals surface area contributed by atoms with Crippen LogP contribution < -0.4 is 0 Å². The summed E-state index contributed by atoms with van der Waals surface area (Å²) in [5.41, 5.74) is 0.898. The van der Waals surface area contributed by atoms with Gasteiger partial charge in [0.15, 0.2) is 12.0 Å². The number of rotatable bonds is 3. The Morgan fingerprint density at radius 3 is 2.83 bits per heavy atom. The van der Waals surface area contributed by atoms with Gasteiger partial charge in [-0.15, -0.1) is 0 Å². The van der Waals surface area contributed by atoms with E-state index >= 15 is 0 Å². The zero-order valence-electron chi connectivity index (χ0n) is 9.75. The molecule has 0 fully saturated rings. The van der Waals surface area contributed by atoms with E-state index in [-0.39, 0.29) is 11.3 Å². The molecule has 6 nitrogen and oxygen atoms in total. The van der Waals surface area contributed by atoms with Gasteiger partial charge in [-0.05, 0) is 28.1 Å². The third kappa shape index (κ3) is 2.12. The van der Waals surface area contributed by atoms with Crippen molar-refractivity contribution in [3.8, 4) is 0 Å². The first kappa shape index (κ1) is 13.0. The number of hydrogen-bond acceptors (Lipinski definition) is 5. The third-order valence-electron chi connectivity index (χ3n) is 2.48. The lowest BCUT2D eigenvalue weighted by atomic mass is 10.2. The highest BCUT2D eigenvalue weighted by Gasteiger charge is 2.25. The summed E-state index contributed by atoms with van der Waals surface area (Å²) in [7, 11) is 2.60. The van der Waals surface area contributed by atoms with E-state index in [2.05, 4.69) is 25.8 Å². The molecular formula is C11H11BrN2O4. The maximum Gasteiger partial charge on any atom is 0.359 e. The molecule has 1 atom stereocenters. The summed E-state index contributed by atoms with van der Waals surface area (Å²) in [6.45, 7) is 0. The summed E-state index contributed by atoms with van der Waals surface area (Å²) >= 11 is 3.30.